The van der Waals surface area contributed by atoms with Crippen molar-refractivity contribution in [3.63, 3.8) is 0 Å². The van der Waals surface area contributed by atoms with E-state index in [9.17, 15) is 4.79 Å². The Balaban J connectivity index is 1.79. The maximum atomic E-state index is 12.3. The van der Waals surface area contributed by atoms with E-state index in [4.69, 9.17) is 4.74 Å². The van der Waals surface area contributed by atoms with Crippen LogP contribution in [0, 0.1) is 6.92 Å². The van der Waals surface area contributed by atoms with Crippen LogP contribution in [-0.2, 0) is 4.74 Å². The van der Waals surface area contributed by atoms with Gasteiger partial charge in [0.25, 0.3) is 5.91 Å². The fourth-order valence-corrected chi connectivity index (χ4v) is 2.60. The quantitative estimate of drug-likeness (QED) is 0.616. The average molecular weight is 350 g/mol. The molecular weight excluding hydrogens is 320 g/mol. The van der Waals surface area contributed by atoms with Gasteiger partial charge in [-0.15, -0.1) is 0 Å². The lowest BCUT2D eigenvalue weighted by atomic mass is 10.3. The number of carbonyl (C=O) groups excluding carboxylic acids is 1. The fourth-order valence-electron chi connectivity index (χ4n) is 2.60. The first-order valence-corrected chi connectivity index (χ1v) is 8.87. The summed E-state index contributed by atoms with van der Waals surface area (Å²) in [5.41, 5.74) is 1.19. The Labute approximate surface area is 150 Å². The van der Waals surface area contributed by atoms with Crippen molar-refractivity contribution in [2.75, 3.05) is 71.9 Å². The number of hydrogen-bond donors (Lipinski definition) is 2. The Morgan fingerprint density at radius 1 is 1.28 bits per heavy atom. The summed E-state index contributed by atoms with van der Waals surface area (Å²) in [4.78, 5) is 25.4. The van der Waals surface area contributed by atoms with Crippen molar-refractivity contribution in [3.05, 3.63) is 17.5 Å². The third kappa shape index (κ3) is 7.33. The van der Waals surface area contributed by atoms with Gasteiger partial charge in [0.1, 0.15) is 5.69 Å². The molecule has 0 aliphatic carbocycles. The zero-order valence-corrected chi connectivity index (χ0v) is 15.5. The first kappa shape index (κ1) is 19.6. The molecule has 8 nitrogen and oxygen atoms in total. The Morgan fingerprint density at radius 2 is 2.04 bits per heavy atom. The summed E-state index contributed by atoms with van der Waals surface area (Å²) in [6.45, 7) is 8.45. The number of ether oxygens (including phenoxy) is 1. The van der Waals surface area contributed by atoms with Crippen LogP contribution in [0.2, 0.25) is 0 Å². The van der Waals surface area contributed by atoms with Crippen molar-refractivity contribution in [2.24, 2.45) is 0 Å². The SMILES string of the molecule is Cc1cc(C(=O)NCCN2CCOCC2)nc(NCCCN(C)C)n1. The van der Waals surface area contributed by atoms with Gasteiger partial charge >= 0.3 is 0 Å². The Bertz CT molecular complexity index is 546. The number of anilines is 1. The van der Waals surface area contributed by atoms with E-state index in [-0.39, 0.29) is 5.91 Å². The zero-order valence-electron chi connectivity index (χ0n) is 15.5. The van der Waals surface area contributed by atoms with Crippen molar-refractivity contribution >= 4 is 11.9 Å². The molecule has 2 heterocycles. The molecule has 1 aliphatic heterocycles. The summed E-state index contributed by atoms with van der Waals surface area (Å²) < 4.78 is 5.32. The summed E-state index contributed by atoms with van der Waals surface area (Å²) in [5, 5.41) is 6.13. The summed E-state index contributed by atoms with van der Waals surface area (Å²) in [7, 11) is 4.09. The maximum absolute atomic E-state index is 12.3. The lowest BCUT2D eigenvalue weighted by Gasteiger charge is -2.26. The molecule has 1 aliphatic rings. The number of amides is 1. The van der Waals surface area contributed by atoms with Crippen molar-refractivity contribution in [1.29, 1.82) is 0 Å². The van der Waals surface area contributed by atoms with Gasteiger partial charge in [-0.3, -0.25) is 9.69 Å². The van der Waals surface area contributed by atoms with Crippen LogP contribution in [0.3, 0.4) is 0 Å². The second-order valence-electron chi connectivity index (χ2n) is 6.51. The number of aromatic nitrogens is 2. The molecule has 0 unspecified atom stereocenters. The topological polar surface area (TPSA) is 82.6 Å². The lowest BCUT2D eigenvalue weighted by molar-refractivity contribution is 0.0383. The van der Waals surface area contributed by atoms with Crippen LogP contribution in [0.4, 0.5) is 5.95 Å². The minimum Gasteiger partial charge on any atom is -0.379 e. The summed E-state index contributed by atoms with van der Waals surface area (Å²) in [6.07, 6.45) is 0.991. The predicted octanol–water partition coefficient (Wildman–Crippen LogP) is 0.211. The van der Waals surface area contributed by atoms with E-state index in [1.54, 1.807) is 6.07 Å². The van der Waals surface area contributed by atoms with Crippen LogP contribution in [-0.4, -0.2) is 92.3 Å². The molecule has 0 atom stereocenters. The highest BCUT2D eigenvalue weighted by molar-refractivity contribution is 5.92. The molecule has 1 saturated heterocycles. The molecule has 2 N–H and O–H groups in total. The number of hydrogen-bond acceptors (Lipinski definition) is 7. The van der Waals surface area contributed by atoms with E-state index in [2.05, 4.69) is 30.4 Å². The van der Waals surface area contributed by atoms with Gasteiger partial charge in [-0.05, 0) is 40.1 Å². The van der Waals surface area contributed by atoms with E-state index >= 15 is 0 Å². The third-order valence-electron chi connectivity index (χ3n) is 3.97. The van der Waals surface area contributed by atoms with Crippen molar-refractivity contribution in [2.45, 2.75) is 13.3 Å². The third-order valence-corrected chi connectivity index (χ3v) is 3.97. The zero-order chi connectivity index (χ0) is 18.1. The minimum absolute atomic E-state index is 0.157. The largest absolute Gasteiger partial charge is 0.379 e. The molecule has 1 fully saturated rings. The first-order valence-electron chi connectivity index (χ1n) is 8.87. The molecule has 1 aromatic heterocycles. The number of nitrogens with zero attached hydrogens (tertiary/aromatic N) is 4. The van der Waals surface area contributed by atoms with Crippen molar-refractivity contribution < 1.29 is 9.53 Å². The standard InChI is InChI=1S/C17H30N6O2/c1-14-13-15(21-17(20-14)19-5-4-7-22(2)3)16(24)18-6-8-23-9-11-25-12-10-23/h13H,4-12H2,1-3H3,(H,18,24)(H,19,20,21). The highest BCUT2D eigenvalue weighted by Crippen LogP contribution is 2.05. The molecule has 0 aromatic carbocycles. The van der Waals surface area contributed by atoms with E-state index in [1.807, 2.05) is 21.0 Å². The molecule has 0 saturated carbocycles. The molecule has 0 bridgehead atoms. The molecule has 0 spiro atoms. The van der Waals surface area contributed by atoms with Crippen molar-refractivity contribution in [3.8, 4) is 0 Å². The van der Waals surface area contributed by atoms with Gasteiger partial charge in [-0.2, -0.15) is 0 Å². The maximum Gasteiger partial charge on any atom is 0.270 e. The van der Waals surface area contributed by atoms with Gasteiger partial charge in [-0.1, -0.05) is 0 Å². The van der Waals surface area contributed by atoms with Gasteiger partial charge in [0.05, 0.1) is 13.2 Å². The number of nitrogens with one attached hydrogen (secondary N) is 2. The second-order valence-corrected chi connectivity index (χ2v) is 6.51. The van der Waals surface area contributed by atoms with E-state index in [0.717, 1.165) is 58.1 Å². The monoisotopic (exact) mass is 350 g/mol. The van der Waals surface area contributed by atoms with Gasteiger partial charge < -0.3 is 20.3 Å². The van der Waals surface area contributed by atoms with Crippen LogP contribution in [0.5, 0.6) is 0 Å². The van der Waals surface area contributed by atoms with Crippen LogP contribution in [0.1, 0.15) is 22.6 Å². The molecular formula is C17H30N6O2. The molecule has 140 valence electrons. The van der Waals surface area contributed by atoms with E-state index in [1.165, 1.54) is 0 Å². The number of rotatable bonds is 9. The van der Waals surface area contributed by atoms with Gasteiger partial charge in [0, 0.05) is 38.4 Å². The molecule has 1 aromatic rings. The molecule has 0 radical (unpaired) electrons. The smallest absolute Gasteiger partial charge is 0.270 e. The van der Waals surface area contributed by atoms with Gasteiger partial charge in [0.15, 0.2) is 0 Å². The van der Waals surface area contributed by atoms with Gasteiger partial charge in [-0.25, -0.2) is 9.97 Å². The summed E-state index contributed by atoms with van der Waals surface area (Å²) in [5.74, 6) is 0.354. The van der Waals surface area contributed by atoms with E-state index < -0.39 is 0 Å². The summed E-state index contributed by atoms with van der Waals surface area (Å²) in [6, 6.07) is 1.72. The summed E-state index contributed by atoms with van der Waals surface area (Å²) >= 11 is 0. The highest BCUT2D eigenvalue weighted by atomic mass is 16.5. The molecule has 2 rings (SSSR count). The second kappa shape index (κ2) is 10.3. The average Bonchev–Trinajstić information content (AvgIpc) is 2.59. The number of morpholine rings is 1. The molecule has 8 heteroatoms. The van der Waals surface area contributed by atoms with Crippen LogP contribution < -0.4 is 10.6 Å². The predicted molar refractivity (Wildman–Crippen MR) is 98.0 cm³/mol. The first-order chi connectivity index (χ1) is 12.0. The van der Waals surface area contributed by atoms with Crippen LogP contribution in [0.25, 0.3) is 0 Å². The number of aryl methyl sites for hydroxylation is 1. The Morgan fingerprint density at radius 3 is 2.76 bits per heavy atom. The minimum atomic E-state index is -0.157. The normalized spacial score (nSPS) is 15.4. The molecule has 1 amide bonds. The lowest BCUT2D eigenvalue weighted by Crippen LogP contribution is -2.41. The molecule has 25 heavy (non-hydrogen) atoms. The number of carbonyl (C=O) groups is 1. The van der Waals surface area contributed by atoms with Gasteiger partial charge in [0.2, 0.25) is 5.95 Å². The Hall–Kier alpha value is -1.77. The highest BCUT2D eigenvalue weighted by Gasteiger charge is 2.13. The van der Waals surface area contributed by atoms with Crippen LogP contribution >= 0.6 is 0 Å². The van der Waals surface area contributed by atoms with Crippen LogP contribution in [0.15, 0.2) is 6.07 Å². The Kier molecular flexibility index (Phi) is 8.03. The fraction of sp³-hybridized carbons (Fsp3) is 0.706. The van der Waals surface area contributed by atoms with E-state index in [0.29, 0.717) is 18.2 Å². The van der Waals surface area contributed by atoms with Crippen molar-refractivity contribution in [1.82, 2.24) is 25.1 Å².